The smallest absolute Gasteiger partial charge is 0.216 e. The summed E-state index contributed by atoms with van der Waals surface area (Å²) >= 11 is 5.22. The minimum absolute atomic E-state index is 0.0862. The molecule has 2 N–H and O–H groups in total. The Kier molecular flexibility index (Phi) is 4.66. The molecule has 3 rings (SSSR count). The van der Waals surface area contributed by atoms with Crippen LogP contribution < -0.4 is 4.74 Å². The number of aromatic amines is 1. The van der Waals surface area contributed by atoms with Crippen LogP contribution in [0.2, 0.25) is 0 Å². The molecular weight excluding hydrogens is 326 g/mol. The maximum Gasteiger partial charge on any atom is 0.216 e. The number of aromatic hydroxyl groups is 1. The van der Waals surface area contributed by atoms with E-state index in [2.05, 4.69) is 20.3 Å². The standard InChI is InChI=1S/C16H15N5O2S/c1-2-23-14-9-11(6-7-13(14)22)10-18-21-15(19-20-16(21)24)12-5-3-4-8-17-12/h3-10,22H,2H2,1H3,(H,20,24). The highest BCUT2D eigenvalue weighted by molar-refractivity contribution is 7.71. The Labute approximate surface area is 143 Å². The van der Waals surface area contributed by atoms with Crippen molar-refractivity contribution in [3.63, 3.8) is 0 Å². The molecule has 3 aromatic rings. The molecule has 0 aliphatic rings. The largest absolute Gasteiger partial charge is 0.504 e. The van der Waals surface area contributed by atoms with E-state index in [-0.39, 0.29) is 5.75 Å². The van der Waals surface area contributed by atoms with E-state index in [4.69, 9.17) is 17.0 Å². The Hall–Kier alpha value is -3.00. The van der Waals surface area contributed by atoms with Crippen molar-refractivity contribution in [1.82, 2.24) is 19.9 Å². The lowest BCUT2D eigenvalue weighted by Gasteiger charge is -2.06. The van der Waals surface area contributed by atoms with Crippen molar-refractivity contribution in [2.45, 2.75) is 6.92 Å². The highest BCUT2D eigenvalue weighted by atomic mass is 32.1. The van der Waals surface area contributed by atoms with Gasteiger partial charge in [-0.3, -0.25) is 4.98 Å². The van der Waals surface area contributed by atoms with Crippen LogP contribution in [0.25, 0.3) is 11.5 Å². The number of hydrogen-bond acceptors (Lipinski definition) is 6. The number of rotatable bonds is 5. The molecule has 0 saturated heterocycles. The molecule has 8 heteroatoms. The summed E-state index contributed by atoms with van der Waals surface area (Å²) in [5.74, 6) is 1.01. The predicted octanol–water partition coefficient (Wildman–Crippen LogP) is 2.99. The summed E-state index contributed by atoms with van der Waals surface area (Å²) in [4.78, 5) is 4.25. The van der Waals surface area contributed by atoms with Gasteiger partial charge in [-0.25, -0.2) is 5.10 Å². The van der Waals surface area contributed by atoms with Crippen molar-refractivity contribution in [2.75, 3.05) is 6.61 Å². The molecule has 122 valence electrons. The number of nitrogens with one attached hydrogen (secondary N) is 1. The van der Waals surface area contributed by atoms with Gasteiger partial charge < -0.3 is 9.84 Å². The number of H-pyrrole nitrogens is 1. The minimum Gasteiger partial charge on any atom is -0.504 e. The number of ether oxygens (including phenoxy) is 1. The van der Waals surface area contributed by atoms with Crippen LogP contribution in [0.1, 0.15) is 12.5 Å². The van der Waals surface area contributed by atoms with E-state index >= 15 is 0 Å². The monoisotopic (exact) mass is 341 g/mol. The van der Waals surface area contributed by atoms with Crippen molar-refractivity contribution in [1.29, 1.82) is 0 Å². The molecule has 0 aliphatic heterocycles. The van der Waals surface area contributed by atoms with E-state index in [9.17, 15) is 5.11 Å². The fourth-order valence-corrected chi connectivity index (χ4v) is 2.25. The third-order valence-corrected chi connectivity index (χ3v) is 3.41. The highest BCUT2D eigenvalue weighted by Gasteiger charge is 2.09. The zero-order valence-corrected chi connectivity index (χ0v) is 13.7. The van der Waals surface area contributed by atoms with Crippen LogP contribution in [0.4, 0.5) is 0 Å². The molecule has 0 unspecified atom stereocenters. The fraction of sp³-hybridized carbons (Fsp3) is 0.125. The average Bonchev–Trinajstić information content (AvgIpc) is 2.97. The summed E-state index contributed by atoms with van der Waals surface area (Å²) < 4.78 is 7.21. The lowest BCUT2D eigenvalue weighted by atomic mass is 10.2. The third kappa shape index (κ3) is 3.33. The molecule has 0 saturated carbocycles. The molecule has 24 heavy (non-hydrogen) atoms. The van der Waals surface area contributed by atoms with Crippen LogP contribution >= 0.6 is 12.2 Å². The molecule has 0 bridgehead atoms. The highest BCUT2D eigenvalue weighted by Crippen LogP contribution is 2.26. The molecule has 0 spiro atoms. The number of phenols is 1. The van der Waals surface area contributed by atoms with E-state index < -0.39 is 0 Å². The van der Waals surface area contributed by atoms with E-state index in [0.29, 0.717) is 28.6 Å². The maximum atomic E-state index is 9.74. The Morgan fingerprint density at radius 3 is 3.00 bits per heavy atom. The van der Waals surface area contributed by atoms with Crippen molar-refractivity contribution >= 4 is 18.4 Å². The number of phenolic OH excluding ortho intramolecular Hbond substituents is 1. The maximum absolute atomic E-state index is 9.74. The topological polar surface area (TPSA) is 88.3 Å². The summed E-state index contributed by atoms with van der Waals surface area (Å²) in [5, 5.41) is 21.0. The molecule has 0 atom stereocenters. The summed E-state index contributed by atoms with van der Waals surface area (Å²) in [6.45, 7) is 2.31. The second-order valence-electron chi connectivity index (χ2n) is 4.78. The van der Waals surface area contributed by atoms with Crippen LogP contribution in [-0.2, 0) is 0 Å². The molecule has 2 aromatic heterocycles. The number of hydrogen-bond donors (Lipinski definition) is 2. The van der Waals surface area contributed by atoms with Crippen LogP contribution in [0.5, 0.6) is 11.5 Å². The Morgan fingerprint density at radius 2 is 2.25 bits per heavy atom. The second-order valence-corrected chi connectivity index (χ2v) is 5.17. The van der Waals surface area contributed by atoms with Crippen molar-refractivity contribution in [2.24, 2.45) is 5.10 Å². The first-order valence-electron chi connectivity index (χ1n) is 7.28. The van der Waals surface area contributed by atoms with E-state index in [1.807, 2.05) is 25.1 Å². The van der Waals surface area contributed by atoms with E-state index in [1.165, 1.54) is 4.68 Å². The summed E-state index contributed by atoms with van der Waals surface area (Å²) in [6.07, 6.45) is 3.29. The first-order chi connectivity index (χ1) is 11.7. The molecule has 7 nitrogen and oxygen atoms in total. The van der Waals surface area contributed by atoms with Gasteiger partial charge in [0.15, 0.2) is 11.5 Å². The van der Waals surface area contributed by atoms with Crippen LogP contribution in [0.15, 0.2) is 47.7 Å². The van der Waals surface area contributed by atoms with Gasteiger partial charge in [0.2, 0.25) is 10.6 Å². The quantitative estimate of drug-likeness (QED) is 0.550. The van der Waals surface area contributed by atoms with Crippen LogP contribution in [0.3, 0.4) is 0 Å². The number of pyridine rings is 1. The Morgan fingerprint density at radius 1 is 1.38 bits per heavy atom. The second kappa shape index (κ2) is 7.05. The lowest BCUT2D eigenvalue weighted by molar-refractivity contribution is 0.318. The van der Waals surface area contributed by atoms with Gasteiger partial charge >= 0.3 is 0 Å². The molecule has 0 aliphatic carbocycles. The molecule has 0 radical (unpaired) electrons. The van der Waals surface area contributed by atoms with Gasteiger partial charge in [0.05, 0.1) is 12.8 Å². The zero-order valence-electron chi connectivity index (χ0n) is 12.9. The minimum atomic E-state index is 0.0862. The van der Waals surface area contributed by atoms with Gasteiger partial charge in [-0.1, -0.05) is 6.07 Å². The first kappa shape index (κ1) is 15.9. The van der Waals surface area contributed by atoms with Gasteiger partial charge in [-0.15, -0.1) is 0 Å². The normalized spacial score (nSPS) is 11.0. The lowest BCUT2D eigenvalue weighted by Crippen LogP contribution is -1.97. The molecule has 0 fully saturated rings. The molecule has 2 heterocycles. The van der Waals surface area contributed by atoms with E-state index in [1.54, 1.807) is 30.6 Å². The van der Waals surface area contributed by atoms with Gasteiger partial charge in [0.1, 0.15) is 5.69 Å². The fourth-order valence-electron chi connectivity index (χ4n) is 2.07. The molecule has 0 amide bonds. The SMILES string of the molecule is CCOc1cc(C=Nn2c(-c3ccccn3)n[nH]c2=S)ccc1O. The van der Waals surface area contributed by atoms with Crippen molar-refractivity contribution in [3.8, 4) is 23.0 Å². The van der Waals surface area contributed by atoms with Gasteiger partial charge in [0, 0.05) is 6.20 Å². The Balaban J connectivity index is 1.95. The van der Waals surface area contributed by atoms with Crippen LogP contribution in [-0.4, -0.2) is 37.8 Å². The first-order valence-corrected chi connectivity index (χ1v) is 7.69. The summed E-state index contributed by atoms with van der Waals surface area (Å²) in [7, 11) is 0. The average molecular weight is 341 g/mol. The predicted molar refractivity (Wildman–Crippen MR) is 92.9 cm³/mol. The van der Waals surface area contributed by atoms with Gasteiger partial charge in [-0.05, 0) is 55.0 Å². The van der Waals surface area contributed by atoms with Gasteiger partial charge in [0.25, 0.3) is 0 Å². The number of aromatic nitrogens is 4. The number of benzene rings is 1. The third-order valence-electron chi connectivity index (χ3n) is 3.15. The summed E-state index contributed by atoms with van der Waals surface area (Å²) in [5.41, 5.74) is 1.41. The van der Waals surface area contributed by atoms with Gasteiger partial charge in [-0.2, -0.15) is 14.9 Å². The van der Waals surface area contributed by atoms with E-state index in [0.717, 1.165) is 5.56 Å². The molecular formula is C16H15N5O2S. The zero-order chi connectivity index (χ0) is 16.9. The van der Waals surface area contributed by atoms with Crippen molar-refractivity contribution < 1.29 is 9.84 Å². The van der Waals surface area contributed by atoms with Crippen molar-refractivity contribution in [3.05, 3.63) is 52.9 Å². The van der Waals surface area contributed by atoms with Crippen LogP contribution in [0, 0.1) is 4.77 Å². The number of nitrogens with zero attached hydrogens (tertiary/aromatic N) is 4. The summed E-state index contributed by atoms with van der Waals surface area (Å²) in [6, 6.07) is 10.5. The molecule has 1 aromatic carbocycles. The Bertz CT molecular complexity index is 918.